The molecule has 0 saturated carbocycles. The normalized spacial score (nSPS) is 14.7. The van der Waals surface area contributed by atoms with Crippen LogP contribution in [0.1, 0.15) is 0 Å². The fourth-order valence-electron chi connectivity index (χ4n) is 1.34. The van der Waals surface area contributed by atoms with E-state index >= 15 is 0 Å². The minimum atomic E-state index is 0.695. The molecule has 2 heteroatoms. The number of hydrogen-bond acceptors (Lipinski definition) is 1. The van der Waals surface area contributed by atoms with Crippen LogP contribution in [0.2, 0.25) is 0 Å². The molecule has 0 fully saturated rings. The zero-order chi connectivity index (χ0) is 9.10. The molecule has 0 saturated heterocycles. The van der Waals surface area contributed by atoms with Gasteiger partial charge in [-0.2, -0.15) is 9.84 Å². The number of allylic oxidation sites excluding steroid dienone is 1. The highest BCUT2D eigenvalue weighted by Gasteiger charge is 2.15. The molecule has 1 aromatic carbocycles. The minimum absolute atomic E-state index is 0.695. The van der Waals surface area contributed by atoms with Gasteiger partial charge in [0.2, 0.25) is 5.69 Å². The van der Waals surface area contributed by atoms with E-state index in [1.54, 1.807) is 0 Å². The largest absolute Gasteiger partial charge is 0.205 e. The van der Waals surface area contributed by atoms with Crippen LogP contribution in [0.5, 0.6) is 0 Å². The van der Waals surface area contributed by atoms with Crippen LogP contribution in [0.15, 0.2) is 42.0 Å². The lowest BCUT2D eigenvalue weighted by atomic mass is 10.3. The fraction of sp³-hybridized carbons (Fsp3) is 0.0909. The van der Waals surface area contributed by atoms with Gasteiger partial charge in [-0.05, 0) is 0 Å². The van der Waals surface area contributed by atoms with Gasteiger partial charge in [-0.3, -0.25) is 0 Å². The predicted molar refractivity (Wildman–Crippen MR) is 51.0 cm³/mol. The van der Waals surface area contributed by atoms with Crippen molar-refractivity contribution in [3.63, 3.8) is 0 Å². The summed E-state index contributed by atoms with van der Waals surface area (Å²) < 4.78 is 2.05. The summed E-state index contributed by atoms with van der Waals surface area (Å²) in [5.74, 6) is 0. The highest BCUT2D eigenvalue weighted by atomic mass is 15.0. The van der Waals surface area contributed by atoms with Gasteiger partial charge in [0, 0.05) is 18.2 Å². The Kier molecular flexibility index (Phi) is 1.93. The van der Waals surface area contributed by atoms with E-state index in [9.17, 15) is 0 Å². The highest BCUT2D eigenvalue weighted by Crippen LogP contribution is 2.14. The molecule has 0 N–H and O–H groups in total. The van der Waals surface area contributed by atoms with Gasteiger partial charge in [-0.15, -0.1) is 0 Å². The van der Waals surface area contributed by atoms with Crippen molar-refractivity contribution < 1.29 is 4.58 Å². The van der Waals surface area contributed by atoms with Gasteiger partial charge in [-0.25, -0.2) is 0 Å². The van der Waals surface area contributed by atoms with Gasteiger partial charge in [0.15, 0.2) is 12.8 Å². The van der Waals surface area contributed by atoms with Crippen molar-refractivity contribution in [3.8, 4) is 6.07 Å². The summed E-state index contributed by atoms with van der Waals surface area (Å²) in [6.07, 6.45) is 3.79. The van der Waals surface area contributed by atoms with Crippen LogP contribution in [0.25, 0.3) is 0 Å². The maximum absolute atomic E-state index is 8.67. The monoisotopic (exact) mass is 169 g/mol. The zero-order valence-corrected chi connectivity index (χ0v) is 7.14. The van der Waals surface area contributed by atoms with Gasteiger partial charge in [0.1, 0.15) is 11.6 Å². The molecule has 0 spiro atoms. The number of benzene rings is 1. The van der Waals surface area contributed by atoms with E-state index in [0.29, 0.717) is 6.54 Å². The van der Waals surface area contributed by atoms with E-state index in [4.69, 9.17) is 5.26 Å². The topological polar surface area (TPSA) is 26.8 Å². The van der Waals surface area contributed by atoms with Crippen molar-refractivity contribution in [2.24, 2.45) is 0 Å². The maximum atomic E-state index is 8.67. The molecule has 0 aliphatic carbocycles. The predicted octanol–water partition coefficient (Wildman–Crippen LogP) is 1.86. The van der Waals surface area contributed by atoms with Gasteiger partial charge in [-0.1, -0.05) is 18.2 Å². The Hall–Kier alpha value is -1.88. The molecule has 1 aromatic rings. The van der Waals surface area contributed by atoms with Gasteiger partial charge in [0.05, 0.1) is 0 Å². The van der Waals surface area contributed by atoms with E-state index in [1.807, 2.05) is 42.6 Å². The first-order valence-corrected chi connectivity index (χ1v) is 4.16. The van der Waals surface area contributed by atoms with Crippen LogP contribution in [-0.4, -0.2) is 17.3 Å². The van der Waals surface area contributed by atoms with Crippen LogP contribution in [-0.2, 0) is 0 Å². The maximum Gasteiger partial charge on any atom is 0.205 e. The second-order valence-electron chi connectivity index (χ2n) is 2.92. The number of nitriles is 1. The smallest absolute Gasteiger partial charge is 0.194 e. The Morgan fingerprint density at radius 1 is 1.23 bits per heavy atom. The van der Waals surface area contributed by atoms with Crippen molar-refractivity contribution in [2.75, 3.05) is 6.54 Å². The first kappa shape index (κ1) is 7.75. The number of rotatable bonds is 1. The number of para-hydroxylation sites is 1. The Morgan fingerprint density at radius 2 is 2.00 bits per heavy atom. The number of nitrogens with zero attached hydrogens (tertiary/aromatic N) is 2. The van der Waals surface area contributed by atoms with Crippen molar-refractivity contribution in [3.05, 3.63) is 42.0 Å². The van der Waals surface area contributed by atoms with Crippen LogP contribution in [0.3, 0.4) is 0 Å². The average molecular weight is 169 g/mol. The lowest BCUT2D eigenvalue weighted by Crippen LogP contribution is -2.03. The molecular weight excluding hydrogens is 160 g/mol. The van der Waals surface area contributed by atoms with Crippen LogP contribution >= 0.6 is 0 Å². The Morgan fingerprint density at radius 3 is 2.62 bits per heavy atom. The van der Waals surface area contributed by atoms with Crippen LogP contribution in [0, 0.1) is 11.3 Å². The minimum Gasteiger partial charge on any atom is -0.194 e. The van der Waals surface area contributed by atoms with Crippen LogP contribution < -0.4 is 0 Å². The lowest BCUT2D eigenvalue weighted by Gasteiger charge is -1.95. The van der Waals surface area contributed by atoms with Gasteiger partial charge >= 0.3 is 0 Å². The standard InChI is InChI=1S/C11H9N2/c12-8-10-6-7-13(9-10)11-4-2-1-3-5-11/h1-7H,9H2/q+1. The molecule has 0 unspecified atom stereocenters. The molecule has 1 heterocycles. The SMILES string of the molecule is N#CC1=CC=[N+](c2ccccc2)C1. The lowest BCUT2D eigenvalue weighted by molar-refractivity contribution is -0.420. The van der Waals surface area contributed by atoms with E-state index in [2.05, 4.69) is 10.6 Å². The third-order valence-electron chi connectivity index (χ3n) is 2.03. The summed E-state index contributed by atoms with van der Waals surface area (Å²) in [6, 6.07) is 12.2. The van der Waals surface area contributed by atoms with Gasteiger partial charge in [0.25, 0.3) is 0 Å². The second kappa shape index (κ2) is 3.24. The second-order valence-corrected chi connectivity index (χ2v) is 2.92. The molecular formula is C11H9N2+. The van der Waals surface area contributed by atoms with Crippen molar-refractivity contribution in [1.82, 2.24) is 0 Å². The van der Waals surface area contributed by atoms with E-state index in [1.165, 1.54) is 0 Å². The highest BCUT2D eigenvalue weighted by molar-refractivity contribution is 5.72. The quantitative estimate of drug-likeness (QED) is 0.589. The third-order valence-corrected chi connectivity index (χ3v) is 2.03. The summed E-state index contributed by atoms with van der Waals surface area (Å²) in [6.45, 7) is 0.695. The third kappa shape index (κ3) is 1.50. The molecule has 1 aliphatic rings. The number of hydrogen-bond donors (Lipinski definition) is 0. The Bertz CT molecular complexity index is 407. The molecule has 62 valence electrons. The first-order valence-electron chi connectivity index (χ1n) is 4.16. The molecule has 2 nitrogen and oxygen atoms in total. The molecule has 0 aromatic heterocycles. The van der Waals surface area contributed by atoms with E-state index < -0.39 is 0 Å². The zero-order valence-electron chi connectivity index (χ0n) is 7.14. The molecule has 0 atom stereocenters. The average Bonchev–Trinajstić information content (AvgIpc) is 2.67. The summed E-state index contributed by atoms with van der Waals surface area (Å²) in [4.78, 5) is 0. The summed E-state index contributed by atoms with van der Waals surface area (Å²) in [5, 5.41) is 8.67. The van der Waals surface area contributed by atoms with E-state index in [-0.39, 0.29) is 0 Å². The Labute approximate surface area is 77.1 Å². The van der Waals surface area contributed by atoms with Crippen molar-refractivity contribution >= 4 is 11.9 Å². The first-order chi connectivity index (χ1) is 6.40. The van der Waals surface area contributed by atoms with Gasteiger partial charge < -0.3 is 0 Å². The molecule has 0 bridgehead atoms. The summed E-state index contributed by atoms with van der Waals surface area (Å²) >= 11 is 0. The molecule has 2 rings (SSSR count). The molecule has 0 radical (unpaired) electrons. The summed E-state index contributed by atoms with van der Waals surface area (Å²) in [7, 11) is 0. The fourth-order valence-corrected chi connectivity index (χ4v) is 1.34. The van der Waals surface area contributed by atoms with E-state index in [0.717, 1.165) is 11.3 Å². The Balaban J connectivity index is 2.22. The molecule has 13 heavy (non-hydrogen) atoms. The van der Waals surface area contributed by atoms with Crippen molar-refractivity contribution in [1.29, 1.82) is 5.26 Å². The molecule has 0 amide bonds. The molecule has 1 aliphatic heterocycles. The van der Waals surface area contributed by atoms with Crippen molar-refractivity contribution in [2.45, 2.75) is 0 Å². The van der Waals surface area contributed by atoms with Crippen LogP contribution in [0.4, 0.5) is 5.69 Å². The summed E-state index contributed by atoms with van der Waals surface area (Å²) in [5.41, 5.74) is 1.94.